The smallest absolute Gasteiger partial charge is 0.0837 e. The van der Waals surface area contributed by atoms with Gasteiger partial charge in [0.05, 0.1) is 12.7 Å². The third kappa shape index (κ3) is 4.98. The van der Waals surface area contributed by atoms with Crippen LogP contribution in [0.1, 0.15) is 46.5 Å². The van der Waals surface area contributed by atoms with Gasteiger partial charge in [0.25, 0.3) is 0 Å². The predicted molar refractivity (Wildman–Crippen MR) is 63.0 cm³/mol. The SMILES string of the molecule is CCCCOC1COCCC1CC(C)C. The minimum absolute atomic E-state index is 0.354. The van der Waals surface area contributed by atoms with E-state index in [1.165, 1.54) is 25.7 Å². The van der Waals surface area contributed by atoms with E-state index in [0.717, 1.165) is 31.7 Å². The molecular formula is C13H26O2. The maximum Gasteiger partial charge on any atom is 0.0837 e. The Balaban J connectivity index is 2.29. The molecule has 2 nitrogen and oxygen atoms in total. The van der Waals surface area contributed by atoms with Crippen molar-refractivity contribution < 1.29 is 9.47 Å². The van der Waals surface area contributed by atoms with Gasteiger partial charge in [0.1, 0.15) is 0 Å². The fourth-order valence-corrected chi connectivity index (χ4v) is 2.19. The average molecular weight is 214 g/mol. The van der Waals surface area contributed by atoms with E-state index in [9.17, 15) is 0 Å². The van der Waals surface area contributed by atoms with Crippen LogP contribution in [-0.4, -0.2) is 25.9 Å². The average Bonchev–Trinajstić information content (AvgIpc) is 2.20. The topological polar surface area (TPSA) is 18.5 Å². The molecule has 0 aromatic rings. The molecule has 1 saturated heterocycles. The first kappa shape index (κ1) is 13.0. The molecule has 0 aromatic heterocycles. The van der Waals surface area contributed by atoms with Crippen molar-refractivity contribution >= 4 is 0 Å². The van der Waals surface area contributed by atoms with Crippen molar-refractivity contribution in [3.63, 3.8) is 0 Å². The number of hydrogen-bond donors (Lipinski definition) is 0. The van der Waals surface area contributed by atoms with E-state index in [2.05, 4.69) is 20.8 Å². The third-order valence-corrected chi connectivity index (χ3v) is 3.04. The summed E-state index contributed by atoms with van der Waals surface area (Å²) >= 11 is 0. The molecule has 1 rings (SSSR count). The number of rotatable bonds is 6. The predicted octanol–water partition coefficient (Wildman–Crippen LogP) is 3.25. The Morgan fingerprint density at radius 3 is 2.87 bits per heavy atom. The molecule has 2 atom stereocenters. The molecule has 1 fully saturated rings. The molecule has 0 spiro atoms. The van der Waals surface area contributed by atoms with Crippen molar-refractivity contribution in [2.24, 2.45) is 11.8 Å². The summed E-state index contributed by atoms with van der Waals surface area (Å²) in [7, 11) is 0. The second-order valence-electron chi connectivity index (χ2n) is 5.02. The molecule has 0 amide bonds. The van der Waals surface area contributed by atoms with Crippen LogP contribution >= 0.6 is 0 Å². The van der Waals surface area contributed by atoms with Crippen LogP contribution in [0.5, 0.6) is 0 Å². The van der Waals surface area contributed by atoms with E-state index in [-0.39, 0.29) is 0 Å². The van der Waals surface area contributed by atoms with Crippen LogP contribution < -0.4 is 0 Å². The molecule has 0 bridgehead atoms. The van der Waals surface area contributed by atoms with Gasteiger partial charge in [0.15, 0.2) is 0 Å². The quantitative estimate of drug-likeness (QED) is 0.632. The van der Waals surface area contributed by atoms with E-state index in [1.54, 1.807) is 0 Å². The molecule has 0 saturated carbocycles. The molecule has 0 radical (unpaired) electrons. The van der Waals surface area contributed by atoms with E-state index >= 15 is 0 Å². The normalized spacial score (nSPS) is 27.2. The van der Waals surface area contributed by atoms with Crippen molar-refractivity contribution in [1.29, 1.82) is 0 Å². The lowest BCUT2D eigenvalue weighted by atomic mass is 9.88. The van der Waals surface area contributed by atoms with E-state index in [0.29, 0.717) is 6.10 Å². The Labute approximate surface area is 94.3 Å². The highest BCUT2D eigenvalue weighted by Gasteiger charge is 2.26. The van der Waals surface area contributed by atoms with E-state index in [4.69, 9.17) is 9.47 Å². The van der Waals surface area contributed by atoms with Crippen molar-refractivity contribution in [2.75, 3.05) is 19.8 Å². The van der Waals surface area contributed by atoms with Gasteiger partial charge in [0.2, 0.25) is 0 Å². The van der Waals surface area contributed by atoms with Gasteiger partial charge in [-0.2, -0.15) is 0 Å². The molecule has 0 N–H and O–H groups in total. The standard InChI is InChI=1S/C13H26O2/c1-4-5-7-15-13-10-14-8-6-12(13)9-11(2)3/h11-13H,4-10H2,1-3H3. The van der Waals surface area contributed by atoms with Crippen LogP contribution in [0.25, 0.3) is 0 Å². The van der Waals surface area contributed by atoms with Crippen molar-refractivity contribution in [3.8, 4) is 0 Å². The largest absolute Gasteiger partial charge is 0.379 e. The number of ether oxygens (including phenoxy) is 2. The summed E-state index contributed by atoms with van der Waals surface area (Å²) in [5, 5.41) is 0. The molecular weight excluding hydrogens is 188 g/mol. The molecule has 2 unspecified atom stereocenters. The first-order valence-electron chi connectivity index (χ1n) is 6.43. The summed E-state index contributed by atoms with van der Waals surface area (Å²) < 4.78 is 11.4. The number of hydrogen-bond acceptors (Lipinski definition) is 2. The molecule has 90 valence electrons. The van der Waals surface area contributed by atoms with Crippen LogP contribution in [0, 0.1) is 11.8 Å². The molecule has 1 heterocycles. The lowest BCUT2D eigenvalue weighted by Crippen LogP contribution is -2.35. The van der Waals surface area contributed by atoms with Gasteiger partial charge in [-0.1, -0.05) is 27.2 Å². The van der Waals surface area contributed by atoms with Crippen LogP contribution in [0.3, 0.4) is 0 Å². The Morgan fingerprint density at radius 2 is 2.20 bits per heavy atom. The minimum Gasteiger partial charge on any atom is -0.379 e. The zero-order chi connectivity index (χ0) is 11.1. The van der Waals surface area contributed by atoms with E-state index < -0.39 is 0 Å². The first-order chi connectivity index (χ1) is 7.24. The minimum atomic E-state index is 0.354. The molecule has 2 heteroatoms. The summed E-state index contributed by atoms with van der Waals surface area (Å²) in [5.41, 5.74) is 0. The molecule has 15 heavy (non-hydrogen) atoms. The zero-order valence-electron chi connectivity index (χ0n) is 10.5. The molecule has 0 aliphatic carbocycles. The third-order valence-electron chi connectivity index (χ3n) is 3.04. The monoisotopic (exact) mass is 214 g/mol. The highest BCUT2D eigenvalue weighted by Crippen LogP contribution is 2.25. The zero-order valence-corrected chi connectivity index (χ0v) is 10.5. The van der Waals surface area contributed by atoms with Gasteiger partial charge >= 0.3 is 0 Å². The Bertz CT molecular complexity index is 157. The van der Waals surface area contributed by atoms with Gasteiger partial charge in [-0.25, -0.2) is 0 Å². The van der Waals surface area contributed by atoms with Gasteiger partial charge in [0, 0.05) is 13.2 Å². The lowest BCUT2D eigenvalue weighted by molar-refractivity contribution is -0.0884. The summed E-state index contributed by atoms with van der Waals surface area (Å²) in [5.74, 6) is 1.49. The van der Waals surface area contributed by atoms with Gasteiger partial charge < -0.3 is 9.47 Å². The number of unbranched alkanes of at least 4 members (excludes halogenated alkanes) is 1. The molecule has 1 aliphatic rings. The Morgan fingerprint density at radius 1 is 1.40 bits per heavy atom. The van der Waals surface area contributed by atoms with Crippen LogP contribution in [0.2, 0.25) is 0 Å². The Hall–Kier alpha value is -0.0800. The summed E-state index contributed by atoms with van der Waals surface area (Å²) in [6.45, 7) is 9.41. The fraction of sp³-hybridized carbons (Fsp3) is 1.00. The van der Waals surface area contributed by atoms with Crippen molar-refractivity contribution in [3.05, 3.63) is 0 Å². The Kier molecular flexibility index (Phi) is 6.26. The second-order valence-corrected chi connectivity index (χ2v) is 5.02. The highest BCUT2D eigenvalue weighted by molar-refractivity contribution is 4.75. The lowest BCUT2D eigenvalue weighted by Gasteiger charge is -2.32. The van der Waals surface area contributed by atoms with Crippen molar-refractivity contribution in [2.45, 2.75) is 52.6 Å². The molecule has 1 aliphatic heterocycles. The highest BCUT2D eigenvalue weighted by atomic mass is 16.5. The maximum absolute atomic E-state index is 5.91. The summed E-state index contributed by atoms with van der Waals surface area (Å²) in [4.78, 5) is 0. The van der Waals surface area contributed by atoms with Crippen LogP contribution in [-0.2, 0) is 9.47 Å². The van der Waals surface area contributed by atoms with Gasteiger partial charge in [-0.3, -0.25) is 0 Å². The fourth-order valence-electron chi connectivity index (χ4n) is 2.19. The van der Waals surface area contributed by atoms with Crippen molar-refractivity contribution in [1.82, 2.24) is 0 Å². The summed E-state index contributed by atoms with van der Waals surface area (Å²) in [6, 6.07) is 0. The van der Waals surface area contributed by atoms with E-state index in [1.807, 2.05) is 0 Å². The maximum atomic E-state index is 5.91. The van der Waals surface area contributed by atoms with Crippen LogP contribution in [0.15, 0.2) is 0 Å². The van der Waals surface area contributed by atoms with Crippen LogP contribution in [0.4, 0.5) is 0 Å². The summed E-state index contributed by atoms with van der Waals surface area (Å²) in [6.07, 6.45) is 5.19. The second kappa shape index (κ2) is 7.24. The van der Waals surface area contributed by atoms with Gasteiger partial charge in [-0.05, 0) is 31.1 Å². The first-order valence-corrected chi connectivity index (χ1v) is 6.43. The molecule has 0 aromatic carbocycles. The van der Waals surface area contributed by atoms with Gasteiger partial charge in [-0.15, -0.1) is 0 Å².